The fraction of sp³-hybridized carbons (Fsp3) is 0.333. The minimum atomic E-state index is -3.79. The first-order valence-electron chi connectivity index (χ1n) is 7.35. The third-order valence-corrected chi connectivity index (χ3v) is 5.63. The van der Waals surface area contributed by atoms with Gasteiger partial charge in [-0.25, -0.2) is 18.2 Å². The Labute approximate surface area is 139 Å². The molecule has 1 N–H and O–H groups in total. The molecule has 0 aliphatic carbocycles. The van der Waals surface area contributed by atoms with Gasteiger partial charge in [-0.05, 0) is 25.1 Å². The number of nitrogens with zero attached hydrogens (tertiary/aromatic N) is 3. The largest absolute Gasteiger partial charge is 0.478 e. The van der Waals surface area contributed by atoms with Gasteiger partial charge >= 0.3 is 5.97 Å². The van der Waals surface area contributed by atoms with Crippen molar-refractivity contribution in [3.05, 3.63) is 42.0 Å². The van der Waals surface area contributed by atoms with Crippen molar-refractivity contribution in [1.29, 1.82) is 0 Å². The summed E-state index contributed by atoms with van der Waals surface area (Å²) in [5.74, 6) is -1.19. The number of aromatic nitrogens is 2. The number of carboxylic acid groups (broad SMARTS) is 1. The highest BCUT2D eigenvalue weighted by Crippen LogP contribution is 2.23. The molecular formula is C15H17N3O5S. The number of aryl methyl sites for hydroxylation is 1. The summed E-state index contributed by atoms with van der Waals surface area (Å²) in [5, 5.41) is 9.31. The van der Waals surface area contributed by atoms with E-state index in [1.54, 1.807) is 17.7 Å². The number of carbonyl (C=O) groups is 1. The first-order valence-corrected chi connectivity index (χ1v) is 8.79. The molecule has 2 aromatic rings. The van der Waals surface area contributed by atoms with Gasteiger partial charge in [0.2, 0.25) is 10.0 Å². The van der Waals surface area contributed by atoms with E-state index >= 15 is 0 Å². The maximum Gasteiger partial charge on any atom is 0.335 e. The molecule has 0 radical (unpaired) electrons. The van der Waals surface area contributed by atoms with Crippen LogP contribution in [0.4, 0.5) is 0 Å². The lowest BCUT2D eigenvalue weighted by Gasteiger charge is -2.26. The van der Waals surface area contributed by atoms with Crippen molar-refractivity contribution < 1.29 is 23.1 Å². The number of rotatable bonds is 4. The van der Waals surface area contributed by atoms with Gasteiger partial charge in [0, 0.05) is 25.0 Å². The zero-order valence-electron chi connectivity index (χ0n) is 13.0. The molecule has 0 unspecified atom stereocenters. The molecule has 8 nitrogen and oxygen atoms in total. The van der Waals surface area contributed by atoms with E-state index in [9.17, 15) is 18.3 Å². The highest BCUT2D eigenvalue weighted by atomic mass is 32.2. The van der Waals surface area contributed by atoms with E-state index in [2.05, 4.69) is 4.98 Å². The SMILES string of the molecule is Cc1cn(-c2cc(C(=O)O)cc(S(=O)(=O)N3CCOCC3)c2)cn1. The smallest absolute Gasteiger partial charge is 0.335 e. The molecule has 0 atom stereocenters. The second kappa shape index (κ2) is 6.34. The monoisotopic (exact) mass is 351 g/mol. The molecule has 0 bridgehead atoms. The van der Waals surface area contributed by atoms with Crippen LogP contribution in [0.25, 0.3) is 5.69 Å². The van der Waals surface area contributed by atoms with Crippen LogP contribution in [0.2, 0.25) is 0 Å². The number of imidazole rings is 1. The van der Waals surface area contributed by atoms with E-state index in [0.29, 0.717) is 18.9 Å². The van der Waals surface area contributed by atoms with Crippen LogP contribution in [0.5, 0.6) is 0 Å². The van der Waals surface area contributed by atoms with Gasteiger partial charge in [0.05, 0.1) is 35.7 Å². The lowest BCUT2D eigenvalue weighted by atomic mass is 10.2. The molecule has 1 aromatic carbocycles. The molecule has 1 fully saturated rings. The molecule has 0 saturated carbocycles. The third kappa shape index (κ3) is 3.18. The summed E-state index contributed by atoms with van der Waals surface area (Å²) in [7, 11) is -3.79. The Hall–Kier alpha value is -2.23. The minimum absolute atomic E-state index is 0.0503. The van der Waals surface area contributed by atoms with E-state index in [-0.39, 0.29) is 23.5 Å². The molecule has 24 heavy (non-hydrogen) atoms. The van der Waals surface area contributed by atoms with E-state index in [0.717, 1.165) is 5.69 Å². The zero-order chi connectivity index (χ0) is 17.3. The summed E-state index contributed by atoms with van der Waals surface area (Å²) in [6.07, 6.45) is 3.22. The van der Waals surface area contributed by atoms with Gasteiger partial charge in [-0.1, -0.05) is 0 Å². The van der Waals surface area contributed by atoms with Gasteiger partial charge in [0.25, 0.3) is 0 Å². The average Bonchev–Trinajstić information content (AvgIpc) is 3.01. The van der Waals surface area contributed by atoms with Crippen LogP contribution in [-0.4, -0.2) is 59.7 Å². The van der Waals surface area contributed by atoms with Crippen molar-refractivity contribution in [2.75, 3.05) is 26.3 Å². The summed E-state index contributed by atoms with van der Waals surface area (Å²) in [4.78, 5) is 15.4. The first kappa shape index (κ1) is 16.6. The minimum Gasteiger partial charge on any atom is -0.478 e. The number of hydrogen-bond donors (Lipinski definition) is 1. The topological polar surface area (TPSA) is 102 Å². The van der Waals surface area contributed by atoms with Gasteiger partial charge in [0.15, 0.2) is 0 Å². The van der Waals surface area contributed by atoms with Crippen molar-refractivity contribution >= 4 is 16.0 Å². The number of hydrogen-bond acceptors (Lipinski definition) is 5. The molecule has 1 saturated heterocycles. The Morgan fingerprint density at radius 2 is 1.96 bits per heavy atom. The average molecular weight is 351 g/mol. The maximum atomic E-state index is 12.8. The lowest BCUT2D eigenvalue weighted by Crippen LogP contribution is -2.40. The number of sulfonamides is 1. The van der Waals surface area contributed by atoms with E-state index in [1.807, 2.05) is 0 Å². The summed E-state index contributed by atoms with van der Waals surface area (Å²) >= 11 is 0. The van der Waals surface area contributed by atoms with Crippen molar-refractivity contribution in [2.24, 2.45) is 0 Å². The van der Waals surface area contributed by atoms with Crippen LogP contribution in [0.3, 0.4) is 0 Å². The molecule has 3 rings (SSSR count). The summed E-state index contributed by atoms with van der Waals surface area (Å²) in [6, 6.07) is 4.06. The molecule has 9 heteroatoms. The summed E-state index contributed by atoms with van der Waals surface area (Å²) in [5.41, 5.74) is 1.08. The molecule has 1 aromatic heterocycles. The normalized spacial score (nSPS) is 16.2. The molecule has 0 amide bonds. The van der Waals surface area contributed by atoms with Crippen LogP contribution in [0, 0.1) is 6.92 Å². The van der Waals surface area contributed by atoms with Gasteiger partial charge in [-0.15, -0.1) is 0 Å². The Balaban J connectivity index is 2.09. The summed E-state index contributed by atoms with van der Waals surface area (Å²) < 4.78 is 33.7. The van der Waals surface area contributed by atoms with Crippen LogP contribution < -0.4 is 0 Å². The lowest BCUT2D eigenvalue weighted by molar-refractivity contribution is 0.0696. The Morgan fingerprint density at radius 1 is 1.25 bits per heavy atom. The fourth-order valence-electron chi connectivity index (χ4n) is 2.50. The van der Waals surface area contributed by atoms with Gasteiger partial charge in [0.1, 0.15) is 0 Å². The third-order valence-electron chi connectivity index (χ3n) is 3.76. The predicted octanol–water partition coefficient (Wildman–Crippen LogP) is 0.900. The van der Waals surface area contributed by atoms with E-state index in [4.69, 9.17) is 4.74 Å². The van der Waals surface area contributed by atoms with Gasteiger partial charge < -0.3 is 14.4 Å². The number of benzene rings is 1. The molecule has 1 aliphatic rings. The Kier molecular flexibility index (Phi) is 4.39. The standard InChI is InChI=1S/C15H17N3O5S/c1-11-9-17(10-16-11)13-6-12(15(19)20)7-14(8-13)24(21,22)18-2-4-23-5-3-18/h6-10H,2-5H2,1H3,(H,19,20). The van der Waals surface area contributed by atoms with Crippen molar-refractivity contribution in [3.63, 3.8) is 0 Å². The van der Waals surface area contributed by atoms with Gasteiger partial charge in [-0.2, -0.15) is 4.31 Å². The molecule has 128 valence electrons. The molecule has 1 aliphatic heterocycles. The van der Waals surface area contributed by atoms with Gasteiger partial charge in [-0.3, -0.25) is 0 Å². The van der Waals surface area contributed by atoms with Crippen molar-refractivity contribution in [3.8, 4) is 5.69 Å². The van der Waals surface area contributed by atoms with Crippen LogP contribution in [-0.2, 0) is 14.8 Å². The highest BCUT2D eigenvalue weighted by molar-refractivity contribution is 7.89. The quantitative estimate of drug-likeness (QED) is 0.878. The fourth-order valence-corrected chi connectivity index (χ4v) is 3.98. The van der Waals surface area contributed by atoms with Crippen molar-refractivity contribution in [1.82, 2.24) is 13.9 Å². The number of ether oxygens (including phenoxy) is 1. The second-order valence-electron chi connectivity index (χ2n) is 5.46. The first-order chi connectivity index (χ1) is 11.4. The Bertz CT molecular complexity index is 869. The number of carboxylic acids is 1. The van der Waals surface area contributed by atoms with Crippen molar-refractivity contribution in [2.45, 2.75) is 11.8 Å². The van der Waals surface area contributed by atoms with Crippen LogP contribution in [0.15, 0.2) is 35.6 Å². The molecular weight excluding hydrogens is 334 g/mol. The van der Waals surface area contributed by atoms with Crippen LogP contribution in [0.1, 0.15) is 16.1 Å². The highest BCUT2D eigenvalue weighted by Gasteiger charge is 2.27. The van der Waals surface area contributed by atoms with E-state index < -0.39 is 16.0 Å². The molecule has 2 heterocycles. The van der Waals surface area contributed by atoms with E-state index in [1.165, 1.54) is 28.8 Å². The number of morpholine rings is 1. The maximum absolute atomic E-state index is 12.8. The summed E-state index contributed by atoms with van der Waals surface area (Å²) in [6.45, 7) is 2.94. The zero-order valence-corrected chi connectivity index (χ0v) is 13.9. The Morgan fingerprint density at radius 3 is 2.54 bits per heavy atom. The molecule has 0 spiro atoms. The predicted molar refractivity (Wildman–Crippen MR) is 84.8 cm³/mol. The number of aromatic carboxylic acids is 1. The van der Waals surface area contributed by atoms with Crippen LogP contribution >= 0.6 is 0 Å². The second-order valence-corrected chi connectivity index (χ2v) is 7.40.